The molecule has 0 aliphatic carbocycles. The van der Waals surface area contributed by atoms with E-state index in [1.54, 1.807) is 12.1 Å². The Hall–Kier alpha value is -2.61. The highest BCUT2D eigenvalue weighted by Gasteiger charge is 2.26. The van der Waals surface area contributed by atoms with Gasteiger partial charge in [0.1, 0.15) is 23.8 Å². The fourth-order valence-corrected chi connectivity index (χ4v) is 4.40. The Bertz CT molecular complexity index is 1150. The van der Waals surface area contributed by atoms with Crippen molar-refractivity contribution in [3.05, 3.63) is 59.9 Å². The zero-order valence-corrected chi connectivity index (χ0v) is 16.1. The molecule has 0 amide bonds. The minimum Gasteiger partial charge on any atom is -0.355 e. The molecule has 0 spiro atoms. The molecule has 146 valence electrons. The highest BCUT2D eigenvalue weighted by atomic mass is 32.2. The molecule has 0 N–H and O–H groups in total. The number of sulfone groups is 1. The number of benzene rings is 2. The van der Waals surface area contributed by atoms with Gasteiger partial charge in [-0.1, -0.05) is 0 Å². The van der Waals surface area contributed by atoms with Gasteiger partial charge in [0.25, 0.3) is 0 Å². The molecule has 1 saturated heterocycles. The van der Waals surface area contributed by atoms with E-state index < -0.39 is 21.5 Å². The molecule has 1 fully saturated rings. The van der Waals surface area contributed by atoms with E-state index >= 15 is 0 Å². The van der Waals surface area contributed by atoms with Crippen LogP contribution in [0.1, 0.15) is 24.3 Å². The van der Waals surface area contributed by atoms with E-state index in [2.05, 4.69) is 9.97 Å². The number of halogens is 2. The molecule has 1 unspecified atom stereocenters. The second-order valence-electron chi connectivity index (χ2n) is 7.10. The van der Waals surface area contributed by atoms with Crippen molar-refractivity contribution in [2.75, 3.05) is 24.2 Å². The molecule has 0 bridgehead atoms. The monoisotopic (exact) mass is 403 g/mol. The van der Waals surface area contributed by atoms with Crippen LogP contribution in [0.2, 0.25) is 0 Å². The summed E-state index contributed by atoms with van der Waals surface area (Å²) in [5.41, 5.74) is 0.997. The molecule has 5 nitrogen and oxygen atoms in total. The summed E-state index contributed by atoms with van der Waals surface area (Å²) >= 11 is 0. The van der Waals surface area contributed by atoms with Gasteiger partial charge in [0, 0.05) is 30.6 Å². The van der Waals surface area contributed by atoms with E-state index in [0.717, 1.165) is 31.2 Å². The highest BCUT2D eigenvalue weighted by molar-refractivity contribution is 7.90. The second-order valence-corrected chi connectivity index (χ2v) is 9.12. The first-order valence-electron chi connectivity index (χ1n) is 8.97. The zero-order valence-electron chi connectivity index (χ0n) is 15.3. The predicted octanol–water partition coefficient (Wildman–Crippen LogP) is 3.70. The van der Waals surface area contributed by atoms with Crippen LogP contribution < -0.4 is 4.90 Å². The smallest absolute Gasteiger partial charge is 0.175 e. The van der Waals surface area contributed by atoms with Crippen LogP contribution >= 0.6 is 0 Å². The third kappa shape index (κ3) is 3.56. The fourth-order valence-electron chi connectivity index (χ4n) is 3.76. The van der Waals surface area contributed by atoms with E-state index in [-0.39, 0.29) is 10.8 Å². The Morgan fingerprint density at radius 2 is 1.93 bits per heavy atom. The van der Waals surface area contributed by atoms with Gasteiger partial charge < -0.3 is 4.90 Å². The fraction of sp³-hybridized carbons (Fsp3) is 0.300. The molecule has 0 saturated carbocycles. The maximum atomic E-state index is 14.2. The number of hydrogen-bond acceptors (Lipinski definition) is 5. The summed E-state index contributed by atoms with van der Waals surface area (Å²) in [6.45, 7) is 1.16. The van der Waals surface area contributed by atoms with Gasteiger partial charge in [0.05, 0.1) is 10.4 Å². The van der Waals surface area contributed by atoms with Gasteiger partial charge in [-0.15, -0.1) is 0 Å². The van der Waals surface area contributed by atoms with Gasteiger partial charge in [-0.3, -0.25) is 0 Å². The molecule has 1 aliphatic rings. The third-order valence-corrected chi connectivity index (χ3v) is 6.24. The van der Waals surface area contributed by atoms with E-state index in [0.29, 0.717) is 35.4 Å². The SMILES string of the molecule is CS(=O)(=O)c1ccc2ncnc(N3CCCC(c4cc(F)ccc4F)C3)c2c1. The first-order valence-corrected chi connectivity index (χ1v) is 10.9. The first kappa shape index (κ1) is 18.7. The van der Waals surface area contributed by atoms with Crippen molar-refractivity contribution in [1.82, 2.24) is 9.97 Å². The average molecular weight is 403 g/mol. The summed E-state index contributed by atoms with van der Waals surface area (Å²) in [7, 11) is -3.37. The lowest BCUT2D eigenvalue weighted by atomic mass is 9.90. The topological polar surface area (TPSA) is 63.2 Å². The number of rotatable bonds is 3. The average Bonchev–Trinajstić information content (AvgIpc) is 2.68. The maximum absolute atomic E-state index is 14.2. The van der Waals surface area contributed by atoms with Crippen molar-refractivity contribution in [2.24, 2.45) is 0 Å². The van der Waals surface area contributed by atoms with Gasteiger partial charge in [0.2, 0.25) is 0 Å². The summed E-state index contributed by atoms with van der Waals surface area (Å²) in [5.74, 6) is -0.441. The molecule has 1 aromatic heterocycles. The van der Waals surface area contributed by atoms with Gasteiger partial charge in [-0.05, 0) is 54.8 Å². The van der Waals surface area contributed by atoms with Crippen molar-refractivity contribution < 1.29 is 17.2 Å². The number of hydrogen-bond donors (Lipinski definition) is 0. The van der Waals surface area contributed by atoms with Crippen LogP contribution in [0.4, 0.5) is 14.6 Å². The molecular weight excluding hydrogens is 384 g/mol. The van der Waals surface area contributed by atoms with Gasteiger partial charge in [-0.2, -0.15) is 0 Å². The Balaban J connectivity index is 1.74. The summed E-state index contributed by atoms with van der Waals surface area (Å²) in [6, 6.07) is 8.28. The molecule has 2 heterocycles. The Morgan fingerprint density at radius 1 is 1.11 bits per heavy atom. The quantitative estimate of drug-likeness (QED) is 0.667. The molecule has 8 heteroatoms. The number of nitrogens with zero attached hydrogens (tertiary/aromatic N) is 3. The zero-order chi connectivity index (χ0) is 19.9. The molecule has 4 rings (SSSR count). The van der Waals surface area contributed by atoms with Crippen molar-refractivity contribution in [3.8, 4) is 0 Å². The normalized spacial score (nSPS) is 17.8. The summed E-state index contributed by atoms with van der Waals surface area (Å²) < 4.78 is 51.8. The van der Waals surface area contributed by atoms with Crippen LogP contribution in [0.25, 0.3) is 10.9 Å². The summed E-state index contributed by atoms with van der Waals surface area (Å²) in [6.07, 6.45) is 4.12. The standard InChI is InChI=1S/C20H19F2N3O2S/c1-28(26,27)15-5-7-19-17(10-15)20(24-12-23-19)25-8-2-3-13(11-25)16-9-14(21)4-6-18(16)22/h4-7,9-10,12-13H,2-3,8,11H2,1H3. The van der Waals surface area contributed by atoms with Crippen molar-refractivity contribution in [2.45, 2.75) is 23.7 Å². The van der Waals surface area contributed by atoms with E-state index in [4.69, 9.17) is 0 Å². The molecule has 0 radical (unpaired) electrons. The van der Waals surface area contributed by atoms with E-state index in [9.17, 15) is 17.2 Å². The van der Waals surface area contributed by atoms with Crippen LogP contribution in [0.15, 0.2) is 47.6 Å². The maximum Gasteiger partial charge on any atom is 0.175 e. The first-order chi connectivity index (χ1) is 13.3. The molecule has 1 atom stereocenters. The van der Waals surface area contributed by atoms with Crippen molar-refractivity contribution >= 4 is 26.6 Å². The van der Waals surface area contributed by atoms with Gasteiger partial charge in [0.15, 0.2) is 9.84 Å². The summed E-state index contributed by atoms with van der Waals surface area (Å²) in [4.78, 5) is 10.8. The van der Waals surface area contributed by atoms with E-state index in [1.807, 2.05) is 4.90 Å². The van der Waals surface area contributed by atoms with Crippen LogP contribution in [-0.2, 0) is 9.84 Å². The number of fused-ring (bicyclic) bond motifs is 1. The molecule has 2 aromatic carbocycles. The molecule has 3 aromatic rings. The number of piperidine rings is 1. The van der Waals surface area contributed by atoms with Gasteiger partial charge >= 0.3 is 0 Å². The number of aromatic nitrogens is 2. The lowest BCUT2D eigenvalue weighted by molar-refractivity contribution is 0.480. The third-order valence-electron chi connectivity index (χ3n) is 5.13. The van der Waals surface area contributed by atoms with Crippen LogP contribution in [0.3, 0.4) is 0 Å². The van der Waals surface area contributed by atoms with Crippen LogP contribution in [0.5, 0.6) is 0 Å². The Morgan fingerprint density at radius 3 is 2.71 bits per heavy atom. The van der Waals surface area contributed by atoms with Crippen LogP contribution in [-0.4, -0.2) is 37.7 Å². The minimum atomic E-state index is -3.37. The van der Waals surface area contributed by atoms with Crippen molar-refractivity contribution in [3.63, 3.8) is 0 Å². The Labute approximate surface area is 162 Å². The lowest BCUT2D eigenvalue weighted by Crippen LogP contribution is -2.35. The number of anilines is 1. The van der Waals surface area contributed by atoms with Crippen molar-refractivity contribution in [1.29, 1.82) is 0 Å². The van der Waals surface area contributed by atoms with Crippen LogP contribution in [0, 0.1) is 11.6 Å². The van der Waals surface area contributed by atoms with Gasteiger partial charge in [-0.25, -0.2) is 27.2 Å². The Kier molecular flexibility index (Phi) is 4.74. The second kappa shape index (κ2) is 7.09. The predicted molar refractivity (Wildman–Crippen MR) is 103 cm³/mol. The largest absolute Gasteiger partial charge is 0.355 e. The molecular formula is C20H19F2N3O2S. The summed E-state index contributed by atoms with van der Waals surface area (Å²) in [5, 5.41) is 0.630. The van der Waals surface area contributed by atoms with E-state index in [1.165, 1.54) is 18.5 Å². The molecule has 28 heavy (non-hydrogen) atoms. The minimum absolute atomic E-state index is 0.174. The highest BCUT2D eigenvalue weighted by Crippen LogP contribution is 2.34. The lowest BCUT2D eigenvalue weighted by Gasteiger charge is -2.34. The molecule has 1 aliphatic heterocycles.